The van der Waals surface area contributed by atoms with E-state index in [0.29, 0.717) is 13.0 Å². The van der Waals surface area contributed by atoms with E-state index in [9.17, 15) is 9.59 Å². The lowest BCUT2D eigenvalue weighted by Crippen LogP contribution is -2.51. The molecule has 0 aliphatic heterocycles. The number of urea groups is 1. The molecule has 6 heteroatoms. The molecule has 1 saturated carbocycles. The van der Waals surface area contributed by atoms with Crippen LogP contribution in [0.4, 0.5) is 4.79 Å². The number of hydrogen-bond acceptors (Lipinski definition) is 3. The maximum absolute atomic E-state index is 11.6. The predicted octanol–water partition coefficient (Wildman–Crippen LogP) is 1.35. The highest BCUT2D eigenvalue weighted by Gasteiger charge is 2.30. The Labute approximate surface area is 113 Å². The fourth-order valence-electron chi connectivity index (χ4n) is 2.17. The lowest BCUT2D eigenvalue weighted by molar-refractivity contribution is -0.141. The molecule has 110 valence electrons. The summed E-state index contributed by atoms with van der Waals surface area (Å²) in [6.45, 7) is 4.75. The first-order valence-corrected chi connectivity index (χ1v) is 6.95. The zero-order valence-corrected chi connectivity index (χ0v) is 11.6. The summed E-state index contributed by atoms with van der Waals surface area (Å²) >= 11 is 0. The molecule has 3 N–H and O–H groups in total. The Bertz CT molecular complexity index is 303. The number of amides is 2. The third-order valence-corrected chi connectivity index (χ3v) is 3.33. The first kappa shape index (κ1) is 15.8. The molecule has 0 aromatic carbocycles. The zero-order chi connectivity index (χ0) is 14.3. The topological polar surface area (TPSA) is 87.7 Å². The summed E-state index contributed by atoms with van der Waals surface area (Å²) in [6.07, 6.45) is 3.28. The molecule has 19 heavy (non-hydrogen) atoms. The van der Waals surface area contributed by atoms with E-state index in [1.807, 2.05) is 13.8 Å². The lowest BCUT2D eigenvalue weighted by Gasteiger charge is -2.35. The summed E-state index contributed by atoms with van der Waals surface area (Å²) in [7, 11) is 0. The number of ether oxygens (including phenoxy) is 1. The van der Waals surface area contributed by atoms with Crippen molar-refractivity contribution in [3.63, 3.8) is 0 Å². The van der Waals surface area contributed by atoms with E-state index in [1.165, 1.54) is 0 Å². The molecular weight excluding hydrogens is 248 g/mol. The van der Waals surface area contributed by atoms with Gasteiger partial charge in [0.1, 0.15) is 0 Å². The summed E-state index contributed by atoms with van der Waals surface area (Å²) < 4.78 is 5.40. The van der Waals surface area contributed by atoms with Crippen LogP contribution < -0.4 is 10.6 Å². The summed E-state index contributed by atoms with van der Waals surface area (Å²) in [5.41, 5.74) is 0. The number of aliphatic carboxylic acids is 1. The van der Waals surface area contributed by atoms with E-state index in [-0.39, 0.29) is 24.7 Å². The van der Waals surface area contributed by atoms with Gasteiger partial charge in [-0.1, -0.05) is 13.3 Å². The molecule has 1 aliphatic carbocycles. The van der Waals surface area contributed by atoms with Crippen molar-refractivity contribution in [2.45, 2.75) is 51.7 Å². The van der Waals surface area contributed by atoms with Crippen molar-refractivity contribution in [2.75, 3.05) is 13.2 Å². The minimum Gasteiger partial charge on any atom is -0.481 e. The SMILES string of the molecule is CCCC(CNC(=O)NC1CC(OCC)C1)C(=O)O. The number of carbonyl (C=O) groups excluding carboxylic acids is 1. The largest absolute Gasteiger partial charge is 0.481 e. The molecule has 0 aromatic heterocycles. The molecule has 1 fully saturated rings. The van der Waals surface area contributed by atoms with E-state index in [4.69, 9.17) is 9.84 Å². The number of hydrogen-bond donors (Lipinski definition) is 3. The standard InChI is InChI=1S/C13H24N2O4/c1-3-5-9(12(16)17)8-14-13(18)15-10-6-11(7-10)19-4-2/h9-11H,3-8H2,1-2H3,(H,16,17)(H2,14,15,18). The molecule has 2 amide bonds. The van der Waals surface area contributed by atoms with Gasteiger partial charge in [0.15, 0.2) is 0 Å². The summed E-state index contributed by atoms with van der Waals surface area (Å²) in [5.74, 6) is -1.37. The molecule has 0 spiro atoms. The van der Waals surface area contributed by atoms with Crippen LogP contribution in [0.15, 0.2) is 0 Å². The Hall–Kier alpha value is -1.30. The van der Waals surface area contributed by atoms with Crippen LogP contribution in [0.5, 0.6) is 0 Å². The van der Waals surface area contributed by atoms with Gasteiger partial charge in [-0.05, 0) is 26.2 Å². The summed E-state index contributed by atoms with van der Waals surface area (Å²) in [6, 6.07) is -0.145. The highest BCUT2D eigenvalue weighted by Crippen LogP contribution is 2.22. The average Bonchev–Trinajstić information content (AvgIpc) is 2.31. The minimum absolute atomic E-state index is 0.144. The molecule has 1 aliphatic rings. The van der Waals surface area contributed by atoms with Crippen LogP contribution >= 0.6 is 0 Å². The van der Waals surface area contributed by atoms with E-state index >= 15 is 0 Å². The maximum atomic E-state index is 11.6. The van der Waals surface area contributed by atoms with Crippen LogP contribution in [0.25, 0.3) is 0 Å². The molecule has 6 nitrogen and oxygen atoms in total. The molecule has 0 radical (unpaired) electrons. The number of carboxylic acids is 1. The molecule has 1 atom stereocenters. The van der Waals surface area contributed by atoms with E-state index in [0.717, 1.165) is 19.3 Å². The van der Waals surface area contributed by atoms with Gasteiger partial charge >= 0.3 is 12.0 Å². The predicted molar refractivity (Wildman–Crippen MR) is 71.0 cm³/mol. The Morgan fingerprint density at radius 2 is 2.05 bits per heavy atom. The number of carbonyl (C=O) groups is 2. The van der Waals surface area contributed by atoms with Gasteiger partial charge < -0.3 is 20.5 Å². The number of carboxylic acid groups (broad SMARTS) is 1. The Morgan fingerprint density at radius 3 is 2.58 bits per heavy atom. The Morgan fingerprint density at radius 1 is 1.37 bits per heavy atom. The fraction of sp³-hybridized carbons (Fsp3) is 0.846. The van der Waals surface area contributed by atoms with Gasteiger partial charge in [0.05, 0.1) is 12.0 Å². The smallest absolute Gasteiger partial charge is 0.315 e. The van der Waals surface area contributed by atoms with Crippen molar-refractivity contribution in [3.8, 4) is 0 Å². The van der Waals surface area contributed by atoms with Crippen LogP contribution in [0.1, 0.15) is 39.5 Å². The van der Waals surface area contributed by atoms with Crippen molar-refractivity contribution in [1.82, 2.24) is 10.6 Å². The molecule has 0 aromatic rings. The van der Waals surface area contributed by atoms with Crippen LogP contribution in [0.2, 0.25) is 0 Å². The Balaban J connectivity index is 2.16. The highest BCUT2D eigenvalue weighted by molar-refractivity contribution is 5.76. The molecule has 1 unspecified atom stereocenters. The quantitative estimate of drug-likeness (QED) is 0.622. The Kier molecular flexibility index (Phi) is 6.62. The second kappa shape index (κ2) is 7.99. The molecule has 0 bridgehead atoms. The number of nitrogens with one attached hydrogen (secondary N) is 2. The first-order chi connectivity index (χ1) is 9.06. The van der Waals surface area contributed by atoms with Crippen LogP contribution in [0, 0.1) is 5.92 Å². The van der Waals surface area contributed by atoms with Gasteiger partial charge in [-0.15, -0.1) is 0 Å². The summed E-state index contributed by atoms with van der Waals surface area (Å²) in [4.78, 5) is 22.5. The third kappa shape index (κ3) is 5.46. The van der Waals surface area contributed by atoms with Gasteiger partial charge in [-0.2, -0.15) is 0 Å². The average molecular weight is 272 g/mol. The van der Waals surface area contributed by atoms with E-state index in [2.05, 4.69) is 10.6 Å². The third-order valence-electron chi connectivity index (χ3n) is 3.33. The normalized spacial score (nSPS) is 23.3. The van der Waals surface area contributed by atoms with Crippen molar-refractivity contribution < 1.29 is 19.4 Å². The van der Waals surface area contributed by atoms with Crippen molar-refractivity contribution >= 4 is 12.0 Å². The minimum atomic E-state index is -0.859. The second-order valence-corrected chi connectivity index (χ2v) is 4.92. The molecule has 0 saturated heterocycles. The van der Waals surface area contributed by atoms with Crippen LogP contribution in [-0.4, -0.2) is 42.4 Å². The van der Waals surface area contributed by atoms with Crippen LogP contribution in [0.3, 0.4) is 0 Å². The van der Waals surface area contributed by atoms with Crippen molar-refractivity contribution in [2.24, 2.45) is 5.92 Å². The van der Waals surface area contributed by atoms with Crippen LogP contribution in [-0.2, 0) is 9.53 Å². The lowest BCUT2D eigenvalue weighted by atomic mass is 9.89. The van der Waals surface area contributed by atoms with Gasteiger partial charge in [-0.25, -0.2) is 4.79 Å². The van der Waals surface area contributed by atoms with E-state index < -0.39 is 11.9 Å². The van der Waals surface area contributed by atoms with Crippen molar-refractivity contribution in [1.29, 1.82) is 0 Å². The fourth-order valence-corrected chi connectivity index (χ4v) is 2.17. The highest BCUT2D eigenvalue weighted by atomic mass is 16.5. The van der Waals surface area contributed by atoms with Gasteiger partial charge in [0.25, 0.3) is 0 Å². The van der Waals surface area contributed by atoms with Crippen molar-refractivity contribution in [3.05, 3.63) is 0 Å². The molecular formula is C13H24N2O4. The molecule has 0 heterocycles. The number of rotatable bonds is 8. The van der Waals surface area contributed by atoms with Gasteiger partial charge in [0, 0.05) is 19.2 Å². The zero-order valence-electron chi connectivity index (χ0n) is 11.6. The maximum Gasteiger partial charge on any atom is 0.315 e. The van der Waals surface area contributed by atoms with Gasteiger partial charge in [-0.3, -0.25) is 4.79 Å². The van der Waals surface area contributed by atoms with E-state index in [1.54, 1.807) is 0 Å². The van der Waals surface area contributed by atoms with Gasteiger partial charge in [0.2, 0.25) is 0 Å². The summed E-state index contributed by atoms with van der Waals surface area (Å²) in [5, 5.41) is 14.4. The molecule has 1 rings (SSSR count). The monoisotopic (exact) mass is 272 g/mol. The first-order valence-electron chi connectivity index (χ1n) is 6.95. The second-order valence-electron chi connectivity index (χ2n) is 4.92.